The Morgan fingerprint density at radius 2 is 1.84 bits per heavy atom. The maximum absolute atomic E-state index is 13.7. The molecular weight excluding hydrogens is 241 g/mol. The summed E-state index contributed by atoms with van der Waals surface area (Å²) in [6.07, 6.45) is 0. The van der Waals surface area contributed by atoms with Crippen LogP contribution in [0, 0.1) is 29.5 Å². The van der Waals surface area contributed by atoms with E-state index in [1.165, 1.54) is 6.07 Å². The standard InChI is InChI=1S/C16H22FNO/c1-10-6-7-11(12(17)8-10)14(19)18-9-13-15(2,3)16(13,4)5/h6-8,13H,9H2,1-5H3,(H,18,19). The second kappa shape index (κ2) is 4.32. The molecule has 0 aliphatic heterocycles. The first kappa shape index (κ1) is 14.0. The van der Waals surface area contributed by atoms with Crippen molar-refractivity contribution in [1.29, 1.82) is 0 Å². The molecule has 0 heterocycles. The minimum absolute atomic E-state index is 0.127. The van der Waals surface area contributed by atoms with Crippen LogP contribution in [-0.4, -0.2) is 12.5 Å². The van der Waals surface area contributed by atoms with Gasteiger partial charge in [0.15, 0.2) is 0 Å². The zero-order chi connectivity index (χ0) is 14.4. The zero-order valence-electron chi connectivity index (χ0n) is 12.3. The van der Waals surface area contributed by atoms with Gasteiger partial charge in [-0.1, -0.05) is 33.8 Å². The molecule has 0 spiro atoms. The van der Waals surface area contributed by atoms with Crippen LogP contribution in [0.4, 0.5) is 4.39 Å². The van der Waals surface area contributed by atoms with Gasteiger partial charge in [-0.25, -0.2) is 4.39 Å². The average molecular weight is 263 g/mol. The van der Waals surface area contributed by atoms with Gasteiger partial charge in [0, 0.05) is 6.54 Å². The number of carbonyl (C=O) groups is 1. The minimum atomic E-state index is -0.452. The summed E-state index contributed by atoms with van der Waals surface area (Å²) in [6, 6.07) is 4.69. The molecule has 1 fully saturated rings. The van der Waals surface area contributed by atoms with E-state index < -0.39 is 5.82 Å². The van der Waals surface area contributed by atoms with Gasteiger partial charge in [0.2, 0.25) is 0 Å². The molecule has 1 N–H and O–H groups in total. The van der Waals surface area contributed by atoms with Crippen molar-refractivity contribution in [2.45, 2.75) is 34.6 Å². The van der Waals surface area contributed by atoms with Gasteiger partial charge in [0.05, 0.1) is 5.56 Å². The molecule has 3 heteroatoms. The van der Waals surface area contributed by atoms with Gasteiger partial charge in [-0.2, -0.15) is 0 Å². The molecule has 2 rings (SSSR count). The van der Waals surface area contributed by atoms with Crippen LogP contribution in [0.25, 0.3) is 0 Å². The molecule has 0 unspecified atom stereocenters. The third kappa shape index (κ3) is 2.26. The van der Waals surface area contributed by atoms with Crippen LogP contribution in [0.2, 0.25) is 0 Å². The summed E-state index contributed by atoms with van der Waals surface area (Å²) in [4.78, 5) is 12.0. The monoisotopic (exact) mass is 263 g/mol. The Morgan fingerprint density at radius 3 is 2.32 bits per heavy atom. The fourth-order valence-corrected chi connectivity index (χ4v) is 2.94. The molecule has 0 aromatic heterocycles. The third-order valence-electron chi connectivity index (χ3n) is 5.16. The summed E-state index contributed by atoms with van der Waals surface area (Å²) in [7, 11) is 0. The molecule has 1 saturated carbocycles. The second-order valence-corrected chi connectivity index (χ2v) is 6.69. The third-order valence-corrected chi connectivity index (χ3v) is 5.16. The van der Waals surface area contributed by atoms with Crippen molar-refractivity contribution >= 4 is 5.91 Å². The average Bonchev–Trinajstić information content (AvgIpc) is 2.66. The van der Waals surface area contributed by atoms with E-state index >= 15 is 0 Å². The SMILES string of the molecule is Cc1ccc(C(=O)NCC2C(C)(C)C2(C)C)c(F)c1. The molecule has 1 aliphatic carbocycles. The molecule has 19 heavy (non-hydrogen) atoms. The van der Waals surface area contributed by atoms with Gasteiger partial charge in [-0.15, -0.1) is 0 Å². The number of nitrogens with one attached hydrogen (secondary N) is 1. The number of rotatable bonds is 3. The van der Waals surface area contributed by atoms with Crippen molar-refractivity contribution in [1.82, 2.24) is 5.32 Å². The first-order valence-electron chi connectivity index (χ1n) is 6.72. The van der Waals surface area contributed by atoms with Crippen molar-refractivity contribution < 1.29 is 9.18 Å². The van der Waals surface area contributed by atoms with Crippen LogP contribution >= 0.6 is 0 Å². The molecule has 1 amide bonds. The van der Waals surface area contributed by atoms with Gasteiger partial charge in [0.1, 0.15) is 5.82 Å². The summed E-state index contributed by atoms with van der Waals surface area (Å²) in [5.41, 5.74) is 1.40. The zero-order valence-corrected chi connectivity index (χ0v) is 12.3. The quantitative estimate of drug-likeness (QED) is 0.887. The van der Waals surface area contributed by atoms with Crippen LogP contribution in [0.3, 0.4) is 0 Å². The largest absolute Gasteiger partial charge is 0.352 e. The fourth-order valence-electron chi connectivity index (χ4n) is 2.94. The highest BCUT2D eigenvalue weighted by Gasteiger charge is 2.64. The maximum atomic E-state index is 13.7. The first-order valence-corrected chi connectivity index (χ1v) is 6.72. The topological polar surface area (TPSA) is 29.1 Å². The molecule has 0 saturated heterocycles. The van der Waals surface area contributed by atoms with Crippen LogP contribution in [0.5, 0.6) is 0 Å². The predicted octanol–water partition coefficient (Wildman–Crippen LogP) is 3.55. The summed E-state index contributed by atoms with van der Waals surface area (Å²) in [5, 5.41) is 2.85. The lowest BCUT2D eigenvalue weighted by Crippen LogP contribution is -2.27. The molecule has 1 aromatic rings. The number of amides is 1. The lowest BCUT2D eigenvalue weighted by Gasteiger charge is -2.07. The van der Waals surface area contributed by atoms with Crippen molar-refractivity contribution in [3.63, 3.8) is 0 Å². The van der Waals surface area contributed by atoms with Gasteiger partial charge in [0.25, 0.3) is 5.91 Å². The number of halogens is 1. The molecule has 0 radical (unpaired) electrons. The minimum Gasteiger partial charge on any atom is -0.352 e. The number of hydrogen-bond donors (Lipinski definition) is 1. The molecule has 2 nitrogen and oxygen atoms in total. The van der Waals surface area contributed by atoms with E-state index in [4.69, 9.17) is 0 Å². The Hall–Kier alpha value is -1.38. The van der Waals surface area contributed by atoms with Gasteiger partial charge < -0.3 is 5.32 Å². The summed E-state index contributed by atoms with van der Waals surface area (Å²) < 4.78 is 13.7. The highest BCUT2D eigenvalue weighted by atomic mass is 19.1. The molecule has 104 valence electrons. The van der Waals surface area contributed by atoms with Crippen LogP contribution in [0.1, 0.15) is 43.6 Å². The number of aryl methyl sites for hydroxylation is 1. The van der Waals surface area contributed by atoms with Crippen molar-refractivity contribution in [3.8, 4) is 0 Å². The van der Waals surface area contributed by atoms with Gasteiger partial charge >= 0.3 is 0 Å². The van der Waals surface area contributed by atoms with E-state index in [1.54, 1.807) is 19.1 Å². The Morgan fingerprint density at radius 1 is 1.26 bits per heavy atom. The predicted molar refractivity (Wildman–Crippen MR) is 74.5 cm³/mol. The Bertz CT molecular complexity index is 505. The highest BCUT2D eigenvalue weighted by molar-refractivity contribution is 5.94. The van der Waals surface area contributed by atoms with E-state index in [9.17, 15) is 9.18 Å². The van der Waals surface area contributed by atoms with E-state index in [2.05, 4.69) is 33.0 Å². The summed E-state index contributed by atoms with van der Waals surface area (Å²) in [5.74, 6) is -0.333. The normalized spacial score (nSPS) is 20.1. The van der Waals surface area contributed by atoms with Crippen molar-refractivity contribution in [2.75, 3.05) is 6.54 Å². The maximum Gasteiger partial charge on any atom is 0.254 e. The second-order valence-electron chi connectivity index (χ2n) is 6.69. The number of carbonyl (C=O) groups excluding carboxylic acids is 1. The van der Waals surface area contributed by atoms with E-state index in [1.807, 2.05) is 0 Å². The summed E-state index contributed by atoms with van der Waals surface area (Å²) in [6.45, 7) is 11.2. The Kier molecular flexibility index (Phi) is 3.20. The molecular formula is C16H22FNO. The number of benzene rings is 1. The number of hydrogen-bond acceptors (Lipinski definition) is 1. The van der Waals surface area contributed by atoms with Crippen LogP contribution in [-0.2, 0) is 0 Å². The summed E-state index contributed by atoms with van der Waals surface area (Å²) >= 11 is 0. The van der Waals surface area contributed by atoms with Crippen LogP contribution < -0.4 is 5.32 Å². The van der Waals surface area contributed by atoms with E-state index in [-0.39, 0.29) is 22.3 Å². The van der Waals surface area contributed by atoms with Crippen LogP contribution in [0.15, 0.2) is 18.2 Å². The smallest absolute Gasteiger partial charge is 0.254 e. The molecule has 0 atom stereocenters. The first-order chi connectivity index (χ1) is 8.68. The van der Waals surface area contributed by atoms with E-state index in [0.717, 1.165) is 5.56 Å². The highest BCUT2D eigenvalue weighted by Crippen LogP contribution is 2.67. The molecule has 0 bridgehead atoms. The van der Waals surface area contributed by atoms with E-state index in [0.29, 0.717) is 12.5 Å². The lowest BCUT2D eigenvalue weighted by molar-refractivity contribution is 0.0946. The molecule has 1 aliphatic rings. The van der Waals surface area contributed by atoms with Gasteiger partial charge in [-0.3, -0.25) is 4.79 Å². The lowest BCUT2D eigenvalue weighted by atomic mass is 10.0. The Labute approximate surface area is 114 Å². The molecule has 1 aromatic carbocycles. The van der Waals surface area contributed by atoms with Crippen molar-refractivity contribution in [2.24, 2.45) is 16.7 Å². The fraction of sp³-hybridized carbons (Fsp3) is 0.562. The van der Waals surface area contributed by atoms with Gasteiger partial charge in [-0.05, 0) is 41.4 Å². The Balaban J connectivity index is 2.00. The van der Waals surface area contributed by atoms with Crippen molar-refractivity contribution in [3.05, 3.63) is 35.1 Å².